The van der Waals surface area contributed by atoms with Crippen molar-refractivity contribution in [2.75, 3.05) is 5.32 Å². The zero-order valence-corrected chi connectivity index (χ0v) is 10.5. The van der Waals surface area contributed by atoms with E-state index in [1.807, 2.05) is 0 Å². The van der Waals surface area contributed by atoms with E-state index in [1.54, 1.807) is 0 Å². The van der Waals surface area contributed by atoms with E-state index in [0.717, 1.165) is 12.1 Å². The van der Waals surface area contributed by atoms with Gasteiger partial charge in [0.05, 0.1) is 4.92 Å². The van der Waals surface area contributed by atoms with E-state index < -0.39 is 16.4 Å². The van der Waals surface area contributed by atoms with Crippen molar-refractivity contribution in [3.05, 3.63) is 61.5 Å². The van der Waals surface area contributed by atoms with Gasteiger partial charge in [0, 0.05) is 17.2 Å². The lowest BCUT2D eigenvalue weighted by molar-refractivity contribution is -0.383. The molecule has 2 N–H and O–H groups in total. The normalized spacial score (nSPS) is 10.1. The van der Waals surface area contributed by atoms with Crippen molar-refractivity contribution in [3.63, 3.8) is 0 Å². The van der Waals surface area contributed by atoms with Gasteiger partial charge in [-0.1, -0.05) is 11.6 Å². The average molecular weight is 295 g/mol. The molecule has 0 atom stereocenters. The lowest BCUT2D eigenvalue weighted by Crippen LogP contribution is -2.18. The maximum atomic E-state index is 11.8. The standard InChI is InChI=1S/C11H7ClN4O4/c12-6-1-2-7(9(5-6)16(19)20)13-11(18)8-3-4-10(17)15-14-8/h1-5H,(H,13,18)(H,15,17). The minimum Gasteiger partial charge on any atom is -0.315 e. The third kappa shape index (κ3) is 2.98. The second kappa shape index (κ2) is 5.49. The van der Waals surface area contributed by atoms with Crippen LogP contribution in [0.2, 0.25) is 5.02 Å². The Balaban J connectivity index is 2.30. The molecule has 0 aliphatic rings. The topological polar surface area (TPSA) is 118 Å². The van der Waals surface area contributed by atoms with E-state index in [2.05, 4.69) is 15.5 Å². The number of anilines is 1. The summed E-state index contributed by atoms with van der Waals surface area (Å²) < 4.78 is 0. The lowest BCUT2D eigenvalue weighted by atomic mass is 10.2. The quantitative estimate of drug-likeness (QED) is 0.658. The number of aromatic amines is 1. The van der Waals surface area contributed by atoms with E-state index in [-0.39, 0.29) is 22.1 Å². The predicted octanol–water partition coefficient (Wildman–Crippen LogP) is 1.58. The number of aromatic nitrogens is 2. The average Bonchev–Trinajstić information content (AvgIpc) is 2.41. The van der Waals surface area contributed by atoms with Crippen LogP contribution in [0.25, 0.3) is 0 Å². The van der Waals surface area contributed by atoms with Crippen molar-refractivity contribution in [1.82, 2.24) is 10.2 Å². The monoisotopic (exact) mass is 294 g/mol. The Morgan fingerprint density at radius 1 is 1.35 bits per heavy atom. The van der Waals surface area contributed by atoms with Crippen LogP contribution in [0.3, 0.4) is 0 Å². The van der Waals surface area contributed by atoms with Crippen LogP contribution in [0.15, 0.2) is 35.1 Å². The molecule has 102 valence electrons. The SMILES string of the molecule is O=C(Nc1ccc(Cl)cc1[N+](=O)[O-])c1ccc(=O)[nH]n1. The maximum Gasteiger partial charge on any atom is 0.294 e. The van der Waals surface area contributed by atoms with E-state index in [0.29, 0.717) is 0 Å². The molecule has 0 radical (unpaired) electrons. The molecule has 0 aliphatic heterocycles. The highest BCUT2D eigenvalue weighted by Crippen LogP contribution is 2.27. The van der Waals surface area contributed by atoms with Crippen molar-refractivity contribution >= 4 is 28.9 Å². The van der Waals surface area contributed by atoms with Crippen LogP contribution in [0.4, 0.5) is 11.4 Å². The number of amides is 1. The Labute approximate surface area is 116 Å². The van der Waals surface area contributed by atoms with Crippen molar-refractivity contribution in [3.8, 4) is 0 Å². The van der Waals surface area contributed by atoms with E-state index in [4.69, 9.17) is 11.6 Å². The molecule has 0 fully saturated rings. The first kappa shape index (κ1) is 13.7. The van der Waals surface area contributed by atoms with E-state index >= 15 is 0 Å². The number of hydrogen-bond acceptors (Lipinski definition) is 5. The van der Waals surface area contributed by atoms with Crippen LogP contribution >= 0.6 is 11.6 Å². The molecule has 9 heteroatoms. The molecule has 0 bridgehead atoms. The van der Waals surface area contributed by atoms with Gasteiger partial charge in [-0.2, -0.15) is 5.10 Å². The number of nitro groups is 1. The molecular weight excluding hydrogens is 288 g/mol. The third-order valence-corrected chi connectivity index (χ3v) is 2.55. The van der Waals surface area contributed by atoms with Gasteiger partial charge in [-0.3, -0.25) is 19.7 Å². The fourth-order valence-electron chi connectivity index (χ4n) is 1.42. The molecule has 0 saturated carbocycles. The number of carbonyl (C=O) groups excluding carboxylic acids is 1. The molecule has 2 aromatic rings. The number of hydrogen-bond donors (Lipinski definition) is 2. The minimum atomic E-state index is -0.688. The summed E-state index contributed by atoms with van der Waals surface area (Å²) in [7, 11) is 0. The van der Waals surface area contributed by atoms with Crippen LogP contribution in [0, 0.1) is 10.1 Å². The van der Waals surface area contributed by atoms with Gasteiger partial charge in [0.1, 0.15) is 11.4 Å². The summed E-state index contributed by atoms with van der Waals surface area (Å²) in [5.41, 5.74) is -0.888. The highest BCUT2D eigenvalue weighted by Gasteiger charge is 2.17. The summed E-state index contributed by atoms with van der Waals surface area (Å²) in [5.74, 6) is -0.688. The third-order valence-electron chi connectivity index (χ3n) is 2.32. The van der Waals surface area contributed by atoms with Gasteiger partial charge in [0.2, 0.25) is 0 Å². The number of carbonyl (C=O) groups is 1. The van der Waals surface area contributed by atoms with Crippen LogP contribution < -0.4 is 10.9 Å². The molecule has 0 spiro atoms. The molecule has 1 heterocycles. The first-order chi connectivity index (χ1) is 9.47. The van der Waals surface area contributed by atoms with Gasteiger partial charge in [-0.25, -0.2) is 5.10 Å². The Morgan fingerprint density at radius 3 is 2.70 bits per heavy atom. The van der Waals surface area contributed by atoms with Gasteiger partial charge in [0.15, 0.2) is 0 Å². The van der Waals surface area contributed by atoms with Crippen LogP contribution in [-0.4, -0.2) is 21.0 Å². The highest BCUT2D eigenvalue weighted by molar-refractivity contribution is 6.31. The summed E-state index contributed by atoms with van der Waals surface area (Å²) >= 11 is 5.66. The molecule has 0 unspecified atom stereocenters. The molecule has 1 amide bonds. The summed E-state index contributed by atoms with van der Waals surface area (Å²) in [4.78, 5) is 32.9. The summed E-state index contributed by atoms with van der Waals surface area (Å²) in [6.45, 7) is 0. The predicted molar refractivity (Wildman–Crippen MR) is 70.9 cm³/mol. The number of halogens is 1. The highest BCUT2D eigenvalue weighted by atomic mass is 35.5. The van der Waals surface area contributed by atoms with E-state index in [1.165, 1.54) is 18.2 Å². The Hall–Kier alpha value is -2.74. The molecule has 1 aromatic carbocycles. The van der Waals surface area contributed by atoms with Crippen LogP contribution in [0.5, 0.6) is 0 Å². The second-order valence-corrected chi connectivity index (χ2v) is 4.12. The number of nitro benzene ring substituents is 1. The van der Waals surface area contributed by atoms with Crippen LogP contribution in [-0.2, 0) is 0 Å². The summed E-state index contributed by atoms with van der Waals surface area (Å²) in [5, 5.41) is 19.0. The Kier molecular flexibility index (Phi) is 3.76. The largest absolute Gasteiger partial charge is 0.315 e. The lowest BCUT2D eigenvalue weighted by Gasteiger charge is -2.05. The molecule has 20 heavy (non-hydrogen) atoms. The summed E-state index contributed by atoms with van der Waals surface area (Å²) in [6, 6.07) is 6.17. The number of rotatable bonds is 3. The maximum absolute atomic E-state index is 11.8. The smallest absolute Gasteiger partial charge is 0.294 e. The summed E-state index contributed by atoms with van der Waals surface area (Å²) in [6.07, 6.45) is 0. The fraction of sp³-hybridized carbons (Fsp3) is 0. The number of benzene rings is 1. The Morgan fingerprint density at radius 2 is 2.10 bits per heavy atom. The number of nitrogens with zero attached hydrogens (tertiary/aromatic N) is 2. The molecule has 1 aromatic heterocycles. The minimum absolute atomic E-state index is 0.0163. The molecule has 0 saturated heterocycles. The van der Waals surface area contributed by atoms with Gasteiger partial charge in [-0.15, -0.1) is 0 Å². The van der Waals surface area contributed by atoms with Gasteiger partial charge in [-0.05, 0) is 18.2 Å². The Bertz CT molecular complexity index is 723. The molecule has 0 aliphatic carbocycles. The van der Waals surface area contributed by atoms with Crippen molar-refractivity contribution < 1.29 is 9.72 Å². The fourth-order valence-corrected chi connectivity index (χ4v) is 1.59. The van der Waals surface area contributed by atoms with Gasteiger partial charge >= 0.3 is 0 Å². The van der Waals surface area contributed by atoms with Gasteiger partial charge < -0.3 is 5.32 Å². The van der Waals surface area contributed by atoms with E-state index in [9.17, 15) is 19.7 Å². The number of nitrogens with one attached hydrogen (secondary N) is 2. The van der Waals surface area contributed by atoms with Crippen LogP contribution in [0.1, 0.15) is 10.5 Å². The van der Waals surface area contributed by atoms with Crippen molar-refractivity contribution in [2.24, 2.45) is 0 Å². The van der Waals surface area contributed by atoms with Crippen molar-refractivity contribution in [1.29, 1.82) is 0 Å². The first-order valence-electron chi connectivity index (χ1n) is 5.28. The first-order valence-corrected chi connectivity index (χ1v) is 5.66. The van der Waals surface area contributed by atoms with Gasteiger partial charge in [0.25, 0.3) is 17.2 Å². The molecule has 2 rings (SSSR count). The number of H-pyrrole nitrogens is 1. The molecular formula is C11H7ClN4O4. The second-order valence-electron chi connectivity index (χ2n) is 3.68. The molecule has 8 nitrogen and oxygen atoms in total. The zero-order valence-electron chi connectivity index (χ0n) is 9.79. The zero-order chi connectivity index (χ0) is 14.7. The van der Waals surface area contributed by atoms with Crippen molar-refractivity contribution in [2.45, 2.75) is 0 Å².